The van der Waals surface area contributed by atoms with Crippen molar-refractivity contribution in [2.24, 2.45) is 0 Å². The highest BCUT2D eigenvalue weighted by Gasteiger charge is 2.16. The van der Waals surface area contributed by atoms with Gasteiger partial charge >= 0.3 is 21.1 Å². The standard InChI is InChI=1S/C8H16N2.HIO3/c1-4-5-10-7-6-9(3)8(10)2;2-1(3)4/h6-8H,4-5H2,1-3H3;2H. The van der Waals surface area contributed by atoms with E-state index < -0.39 is 21.1 Å². The Hall–Kier alpha value is -0.0500. The van der Waals surface area contributed by atoms with Gasteiger partial charge in [-0.05, 0) is 16.8 Å². The third-order valence-electron chi connectivity index (χ3n) is 2.04. The van der Waals surface area contributed by atoms with Crippen LogP contribution in [0.1, 0.15) is 20.3 Å². The largest absolute Gasteiger partial charge is 0.503 e. The molecule has 1 N–H and O–H groups in total. The summed E-state index contributed by atoms with van der Waals surface area (Å²) in [5.74, 6) is 0. The summed E-state index contributed by atoms with van der Waals surface area (Å²) in [5.41, 5.74) is 0. The lowest BCUT2D eigenvalue weighted by atomic mass is 10.4. The molecule has 1 aliphatic rings. The van der Waals surface area contributed by atoms with E-state index in [0.29, 0.717) is 6.17 Å². The maximum absolute atomic E-state index is 8.68. The maximum Gasteiger partial charge on any atom is 0.503 e. The van der Waals surface area contributed by atoms with E-state index in [1.165, 1.54) is 13.0 Å². The van der Waals surface area contributed by atoms with Crippen LogP contribution in [0.3, 0.4) is 0 Å². The molecule has 0 amide bonds. The summed E-state index contributed by atoms with van der Waals surface area (Å²) >= 11 is -3.76. The van der Waals surface area contributed by atoms with E-state index in [1.807, 2.05) is 0 Å². The first kappa shape index (κ1) is 13.9. The van der Waals surface area contributed by atoms with Gasteiger partial charge in [-0.2, -0.15) is 0 Å². The van der Waals surface area contributed by atoms with Crippen LogP contribution in [-0.4, -0.2) is 33.0 Å². The summed E-state index contributed by atoms with van der Waals surface area (Å²) in [6.45, 7) is 5.59. The Balaban J connectivity index is 0.000000364. The van der Waals surface area contributed by atoms with Crippen LogP contribution in [-0.2, 0) is 0 Å². The molecule has 1 atom stereocenters. The molecule has 5 nitrogen and oxygen atoms in total. The molecule has 84 valence electrons. The van der Waals surface area contributed by atoms with Crippen molar-refractivity contribution in [1.29, 1.82) is 0 Å². The molecule has 0 aromatic carbocycles. The second kappa shape index (κ2) is 7.27. The van der Waals surface area contributed by atoms with Gasteiger partial charge in [0.25, 0.3) is 0 Å². The molecule has 1 aliphatic heterocycles. The minimum absolute atomic E-state index is 0.556. The summed E-state index contributed by atoms with van der Waals surface area (Å²) in [5, 5.41) is 0. The van der Waals surface area contributed by atoms with Crippen molar-refractivity contribution in [1.82, 2.24) is 9.80 Å². The third-order valence-corrected chi connectivity index (χ3v) is 2.04. The van der Waals surface area contributed by atoms with E-state index in [2.05, 4.69) is 43.1 Å². The number of halogens is 1. The zero-order chi connectivity index (χ0) is 11.1. The quantitative estimate of drug-likeness (QED) is 0.520. The highest BCUT2D eigenvalue weighted by Crippen LogP contribution is 2.12. The normalized spacial score (nSPS) is 20.1. The monoisotopic (exact) mass is 316 g/mol. The Kier molecular flexibility index (Phi) is 7.24. The molecule has 0 aliphatic carbocycles. The van der Waals surface area contributed by atoms with E-state index in [9.17, 15) is 0 Å². The van der Waals surface area contributed by atoms with Crippen molar-refractivity contribution in [3.05, 3.63) is 12.4 Å². The van der Waals surface area contributed by atoms with Crippen molar-refractivity contribution >= 4 is 0 Å². The van der Waals surface area contributed by atoms with Gasteiger partial charge in [0.2, 0.25) is 0 Å². The predicted octanol–water partition coefficient (Wildman–Crippen LogP) is -4.47. The van der Waals surface area contributed by atoms with E-state index in [-0.39, 0.29) is 0 Å². The lowest BCUT2D eigenvalue weighted by Crippen LogP contribution is -3.98. The summed E-state index contributed by atoms with van der Waals surface area (Å²) in [6, 6.07) is 0. The van der Waals surface area contributed by atoms with Crippen LogP contribution >= 0.6 is 0 Å². The molecule has 0 aromatic rings. The Morgan fingerprint density at radius 3 is 2.21 bits per heavy atom. The maximum atomic E-state index is 8.68. The van der Waals surface area contributed by atoms with Gasteiger partial charge in [0.05, 0.1) is 6.17 Å². The van der Waals surface area contributed by atoms with Crippen molar-refractivity contribution in [3.63, 3.8) is 0 Å². The van der Waals surface area contributed by atoms with E-state index in [1.54, 1.807) is 0 Å². The van der Waals surface area contributed by atoms with Gasteiger partial charge in [0, 0.05) is 26.0 Å². The molecule has 0 bridgehead atoms. The molecule has 1 unspecified atom stereocenters. The van der Waals surface area contributed by atoms with Gasteiger partial charge in [-0.25, -0.2) is 0 Å². The van der Waals surface area contributed by atoms with Crippen LogP contribution in [0.25, 0.3) is 0 Å². The Morgan fingerprint density at radius 2 is 1.93 bits per heavy atom. The minimum Gasteiger partial charge on any atom is -0.396 e. The molecule has 0 saturated carbocycles. The van der Waals surface area contributed by atoms with Crippen LogP contribution < -0.4 is 27.9 Å². The molecule has 0 aromatic heterocycles. The van der Waals surface area contributed by atoms with Gasteiger partial charge in [0.1, 0.15) is 0 Å². The summed E-state index contributed by atoms with van der Waals surface area (Å²) in [4.78, 5) is 4.57. The SMILES string of the molecule is CCCN1C=CN(C)C1C.[O-][I+2]([O-])O. The molecular weight excluding hydrogens is 299 g/mol. The fraction of sp³-hybridized carbons (Fsp3) is 0.750. The number of hydrogen-bond donors (Lipinski definition) is 1. The van der Waals surface area contributed by atoms with E-state index in [0.717, 1.165) is 0 Å². The average molecular weight is 316 g/mol. The first-order valence-corrected chi connectivity index (χ1v) is 7.12. The van der Waals surface area contributed by atoms with Crippen molar-refractivity contribution < 1.29 is 31.4 Å². The molecule has 1 rings (SSSR count). The second-order valence-electron chi connectivity index (χ2n) is 3.03. The zero-order valence-corrected chi connectivity index (χ0v) is 10.8. The molecule has 6 heteroatoms. The molecule has 0 spiro atoms. The highest BCUT2D eigenvalue weighted by atomic mass is 127. The number of hydrogen-bond acceptors (Lipinski definition) is 5. The van der Waals surface area contributed by atoms with Crippen molar-refractivity contribution in [2.75, 3.05) is 13.6 Å². The molecule has 14 heavy (non-hydrogen) atoms. The van der Waals surface area contributed by atoms with Crippen molar-refractivity contribution in [3.8, 4) is 0 Å². The summed E-state index contributed by atoms with van der Waals surface area (Å²) in [6.07, 6.45) is 6.07. The third kappa shape index (κ3) is 5.63. The average Bonchev–Trinajstić information content (AvgIpc) is 2.36. The fourth-order valence-corrected chi connectivity index (χ4v) is 1.19. The number of nitrogens with zero attached hydrogens (tertiary/aromatic N) is 2. The van der Waals surface area contributed by atoms with E-state index in [4.69, 9.17) is 10.3 Å². The Labute approximate surface area is 93.7 Å². The van der Waals surface area contributed by atoms with Crippen LogP contribution in [0, 0.1) is 0 Å². The van der Waals surface area contributed by atoms with E-state index >= 15 is 0 Å². The lowest BCUT2D eigenvalue weighted by molar-refractivity contribution is -1.63. The fourth-order valence-electron chi connectivity index (χ4n) is 1.19. The molecule has 0 radical (unpaired) electrons. The van der Waals surface area contributed by atoms with Crippen LogP contribution in [0.2, 0.25) is 0 Å². The predicted molar refractivity (Wildman–Crippen MR) is 45.6 cm³/mol. The lowest BCUT2D eigenvalue weighted by Gasteiger charge is -2.26. The van der Waals surface area contributed by atoms with Crippen LogP contribution in [0.4, 0.5) is 0 Å². The zero-order valence-electron chi connectivity index (χ0n) is 8.68. The first-order chi connectivity index (χ1) is 6.49. The minimum atomic E-state index is -3.76. The van der Waals surface area contributed by atoms with Crippen molar-refractivity contribution in [2.45, 2.75) is 26.4 Å². The van der Waals surface area contributed by atoms with Gasteiger partial charge in [-0.1, -0.05) is 6.92 Å². The van der Waals surface area contributed by atoms with Gasteiger partial charge in [-0.3, -0.25) is 0 Å². The summed E-state index contributed by atoms with van der Waals surface area (Å²) < 4.78 is 24.5. The molecule has 0 fully saturated rings. The topological polar surface area (TPSA) is 72.8 Å². The first-order valence-electron chi connectivity index (χ1n) is 4.39. The Bertz CT molecular complexity index is 175. The van der Waals surface area contributed by atoms with Crippen LogP contribution in [0.15, 0.2) is 12.4 Å². The molecule has 0 saturated heterocycles. The second-order valence-corrected chi connectivity index (χ2v) is 4.18. The van der Waals surface area contributed by atoms with Gasteiger partial charge in [-0.15, -0.1) is 0 Å². The van der Waals surface area contributed by atoms with Gasteiger partial charge in [0.15, 0.2) is 0 Å². The molecular formula is C8H17IN2O3. The highest BCUT2D eigenvalue weighted by molar-refractivity contribution is 4.93. The summed E-state index contributed by atoms with van der Waals surface area (Å²) in [7, 11) is 2.11. The smallest absolute Gasteiger partial charge is 0.396 e. The molecule has 1 heterocycles. The number of rotatable bonds is 2. The van der Waals surface area contributed by atoms with Crippen LogP contribution in [0.5, 0.6) is 0 Å². The Morgan fingerprint density at radius 1 is 1.43 bits per heavy atom. The van der Waals surface area contributed by atoms with Gasteiger partial charge < -0.3 is 16.7 Å².